The van der Waals surface area contributed by atoms with E-state index < -0.39 is 6.10 Å². The molecule has 0 amide bonds. The lowest BCUT2D eigenvalue weighted by Crippen LogP contribution is -2.23. The van der Waals surface area contributed by atoms with Crippen molar-refractivity contribution in [3.05, 3.63) is 59.7 Å². The van der Waals surface area contributed by atoms with E-state index in [1.807, 2.05) is 24.3 Å². The molecule has 0 aliphatic carbocycles. The van der Waals surface area contributed by atoms with E-state index in [0.717, 1.165) is 56.7 Å². The number of hydrogen-bond acceptors (Lipinski definition) is 3. The smallest absolute Gasteiger partial charge is 0.119 e. The Morgan fingerprint density at radius 1 is 1.12 bits per heavy atom. The molecule has 1 atom stereocenters. The van der Waals surface area contributed by atoms with Crippen molar-refractivity contribution in [2.24, 2.45) is 0 Å². The predicted molar refractivity (Wildman–Crippen MR) is 98.8 cm³/mol. The number of nitrogens with zero attached hydrogens (tertiary/aromatic N) is 1. The lowest BCUT2D eigenvalue weighted by Gasteiger charge is -2.21. The largest absolute Gasteiger partial charge is 0.494 e. The SMILES string of the molecule is CCCCOc1ccc(C(O)CCN2CCc3ccccc32)cc1. The first-order chi connectivity index (χ1) is 11.8. The number of hydrogen-bond donors (Lipinski definition) is 1. The van der Waals surface area contributed by atoms with E-state index in [9.17, 15) is 5.11 Å². The summed E-state index contributed by atoms with van der Waals surface area (Å²) in [6.45, 7) is 4.84. The van der Waals surface area contributed by atoms with Crippen LogP contribution in [0.4, 0.5) is 5.69 Å². The van der Waals surface area contributed by atoms with Gasteiger partial charge >= 0.3 is 0 Å². The molecule has 0 saturated carbocycles. The van der Waals surface area contributed by atoms with Crippen LogP contribution < -0.4 is 9.64 Å². The Hall–Kier alpha value is -2.00. The molecule has 1 N–H and O–H groups in total. The normalized spacial score (nSPS) is 14.5. The van der Waals surface area contributed by atoms with Crippen molar-refractivity contribution in [2.75, 3.05) is 24.6 Å². The van der Waals surface area contributed by atoms with Crippen molar-refractivity contribution >= 4 is 5.69 Å². The summed E-state index contributed by atoms with van der Waals surface area (Å²) in [5.74, 6) is 0.882. The van der Waals surface area contributed by atoms with Crippen molar-refractivity contribution in [3.8, 4) is 5.75 Å². The molecule has 128 valence electrons. The van der Waals surface area contributed by atoms with Crippen LogP contribution in [0, 0.1) is 0 Å². The van der Waals surface area contributed by atoms with E-state index in [1.165, 1.54) is 11.3 Å². The highest BCUT2D eigenvalue weighted by molar-refractivity contribution is 5.57. The monoisotopic (exact) mass is 325 g/mol. The average molecular weight is 325 g/mol. The minimum Gasteiger partial charge on any atom is -0.494 e. The highest BCUT2D eigenvalue weighted by Crippen LogP contribution is 2.29. The Balaban J connectivity index is 1.51. The van der Waals surface area contributed by atoms with Crippen molar-refractivity contribution in [3.63, 3.8) is 0 Å². The third kappa shape index (κ3) is 4.09. The number of aliphatic hydroxyl groups excluding tert-OH is 1. The summed E-state index contributed by atoms with van der Waals surface area (Å²) >= 11 is 0. The van der Waals surface area contributed by atoms with Gasteiger partial charge in [-0.05, 0) is 48.6 Å². The number of anilines is 1. The summed E-state index contributed by atoms with van der Waals surface area (Å²) in [4.78, 5) is 2.38. The first-order valence-corrected chi connectivity index (χ1v) is 9.01. The molecule has 1 aliphatic heterocycles. The van der Waals surface area contributed by atoms with Crippen molar-refractivity contribution in [1.82, 2.24) is 0 Å². The number of benzene rings is 2. The minimum absolute atomic E-state index is 0.428. The second kappa shape index (κ2) is 8.20. The van der Waals surface area contributed by atoms with Gasteiger partial charge in [0.05, 0.1) is 12.7 Å². The molecule has 1 heterocycles. The molecule has 0 saturated heterocycles. The highest BCUT2D eigenvalue weighted by Gasteiger charge is 2.19. The van der Waals surface area contributed by atoms with Crippen molar-refractivity contribution < 1.29 is 9.84 Å². The number of unbranched alkanes of at least 4 members (excludes halogenated alkanes) is 1. The van der Waals surface area contributed by atoms with Crippen molar-refractivity contribution in [2.45, 2.75) is 38.7 Å². The van der Waals surface area contributed by atoms with Gasteiger partial charge in [-0.2, -0.15) is 0 Å². The maximum absolute atomic E-state index is 10.5. The standard InChI is InChI=1S/C21H27NO2/c1-2-3-16-24-19-10-8-18(9-11-19)21(23)13-15-22-14-12-17-6-4-5-7-20(17)22/h4-11,21,23H,2-3,12-16H2,1H3. The second-order valence-corrected chi connectivity index (χ2v) is 6.44. The molecule has 0 radical (unpaired) electrons. The van der Waals surface area contributed by atoms with Crippen LogP contribution in [0.15, 0.2) is 48.5 Å². The lowest BCUT2D eigenvalue weighted by atomic mass is 10.1. The Bertz CT molecular complexity index is 639. The quantitative estimate of drug-likeness (QED) is 0.732. The molecule has 0 spiro atoms. The summed E-state index contributed by atoms with van der Waals surface area (Å²) in [5, 5.41) is 10.5. The maximum Gasteiger partial charge on any atom is 0.119 e. The minimum atomic E-state index is -0.428. The molecule has 0 fully saturated rings. The van der Waals surface area contributed by atoms with E-state index in [4.69, 9.17) is 4.74 Å². The summed E-state index contributed by atoms with van der Waals surface area (Å²) in [5.41, 5.74) is 3.70. The van der Waals surface area contributed by atoms with E-state index >= 15 is 0 Å². The molecular weight excluding hydrogens is 298 g/mol. The zero-order chi connectivity index (χ0) is 16.8. The topological polar surface area (TPSA) is 32.7 Å². The van der Waals surface area contributed by atoms with Gasteiger partial charge in [-0.3, -0.25) is 0 Å². The summed E-state index contributed by atoms with van der Waals surface area (Å²) in [6.07, 6.45) is 3.63. The van der Waals surface area contributed by atoms with Gasteiger partial charge < -0.3 is 14.7 Å². The molecule has 3 nitrogen and oxygen atoms in total. The van der Waals surface area contributed by atoms with E-state index in [0.29, 0.717) is 0 Å². The van der Waals surface area contributed by atoms with Crippen LogP contribution in [-0.4, -0.2) is 24.8 Å². The number of fused-ring (bicyclic) bond motifs is 1. The van der Waals surface area contributed by atoms with E-state index in [1.54, 1.807) is 0 Å². The number of aliphatic hydroxyl groups is 1. The van der Waals surface area contributed by atoms with Crippen LogP contribution >= 0.6 is 0 Å². The molecule has 2 aromatic rings. The zero-order valence-corrected chi connectivity index (χ0v) is 14.4. The number of para-hydroxylation sites is 1. The molecule has 0 bridgehead atoms. The molecule has 1 unspecified atom stereocenters. The third-order valence-corrected chi connectivity index (χ3v) is 4.69. The van der Waals surface area contributed by atoms with Gasteiger partial charge in [-0.15, -0.1) is 0 Å². The Labute approximate surface area is 144 Å². The Morgan fingerprint density at radius 2 is 1.92 bits per heavy atom. The van der Waals surface area contributed by atoms with Gasteiger partial charge in [-0.1, -0.05) is 43.7 Å². The number of ether oxygens (including phenoxy) is 1. The van der Waals surface area contributed by atoms with E-state index in [-0.39, 0.29) is 0 Å². The van der Waals surface area contributed by atoms with Gasteiger partial charge in [0.15, 0.2) is 0 Å². The Morgan fingerprint density at radius 3 is 2.71 bits per heavy atom. The fourth-order valence-electron chi connectivity index (χ4n) is 3.20. The Kier molecular flexibility index (Phi) is 5.76. The fourth-order valence-corrected chi connectivity index (χ4v) is 3.20. The van der Waals surface area contributed by atoms with Crippen LogP contribution in [0.2, 0.25) is 0 Å². The fraction of sp³-hybridized carbons (Fsp3) is 0.429. The average Bonchev–Trinajstić information content (AvgIpc) is 3.04. The van der Waals surface area contributed by atoms with Gasteiger partial charge in [-0.25, -0.2) is 0 Å². The molecule has 24 heavy (non-hydrogen) atoms. The molecule has 3 rings (SSSR count). The summed E-state index contributed by atoms with van der Waals surface area (Å²) in [7, 11) is 0. The maximum atomic E-state index is 10.5. The second-order valence-electron chi connectivity index (χ2n) is 6.44. The van der Waals surface area contributed by atoms with Crippen LogP contribution in [0.3, 0.4) is 0 Å². The van der Waals surface area contributed by atoms with E-state index in [2.05, 4.69) is 36.1 Å². The third-order valence-electron chi connectivity index (χ3n) is 4.69. The predicted octanol–water partition coefficient (Wildman–Crippen LogP) is 4.35. The molecule has 2 aromatic carbocycles. The molecule has 3 heteroatoms. The van der Waals surface area contributed by atoms with Crippen LogP contribution in [-0.2, 0) is 6.42 Å². The van der Waals surface area contributed by atoms with Crippen molar-refractivity contribution in [1.29, 1.82) is 0 Å². The highest BCUT2D eigenvalue weighted by atomic mass is 16.5. The van der Waals surface area contributed by atoms with Gasteiger partial charge in [0.25, 0.3) is 0 Å². The van der Waals surface area contributed by atoms with Gasteiger partial charge in [0.2, 0.25) is 0 Å². The number of rotatable bonds is 8. The van der Waals surface area contributed by atoms with Gasteiger partial charge in [0.1, 0.15) is 5.75 Å². The first-order valence-electron chi connectivity index (χ1n) is 9.01. The molecule has 1 aliphatic rings. The summed E-state index contributed by atoms with van der Waals surface area (Å²) in [6, 6.07) is 16.4. The molecule has 0 aromatic heterocycles. The summed E-state index contributed by atoms with van der Waals surface area (Å²) < 4.78 is 5.67. The van der Waals surface area contributed by atoms with Crippen LogP contribution in [0.1, 0.15) is 43.4 Å². The zero-order valence-electron chi connectivity index (χ0n) is 14.4. The lowest BCUT2D eigenvalue weighted by molar-refractivity contribution is 0.169. The first kappa shape index (κ1) is 16.8. The van der Waals surface area contributed by atoms with Gasteiger partial charge in [0, 0.05) is 18.8 Å². The van der Waals surface area contributed by atoms with Crippen LogP contribution in [0.5, 0.6) is 5.75 Å². The van der Waals surface area contributed by atoms with Crippen LogP contribution in [0.25, 0.3) is 0 Å². The molecular formula is C21H27NO2.